The number of hydrogen-bond acceptors (Lipinski definition) is 1. The summed E-state index contributed by atoms with van der Waals surface area (Å²) in [7, 11) is 0. The van der Waals surface area contributed by atoms with Gasteiger partial charge in [-0.2, -0.15) is 0 Å². The van der Waals surface area contributed by atoms with Crippen LogP contribution in [0.1, 0.15) is 16.7 Å². The fourth-order valence-electron chi connectivity index (χ4n) is 3.02. The molecule has 1 aromatic heterocycles. The molecule has 4 rings (SSSR count). The van der Waals surface area contributed by atoms with Crippen LogP contribution in [0.3, 0.4) is 0 Å². The predicted molar refractivity (Wildman–Crippen MR) is 82.7 cm³/mol. The summed E-state index contributed by atoms with van der Waals surface area (Å²) in [6.07, 6.45) is 1.07. The highest BCUT2D eigenvalue weighted by molar-refractivity contribution is 7.13. The Balaban J connectivity index is 1.97. The first-order valence-electron chi connectivity index (χ1n) is 6.59. The van der Waals surface area contributed by atoms with Gasteiger partial charge in [-0.05, 0) is 58.2 Å². The maximum absolute atomic E-state index is 2.27. The van der Waals surface area contributed by atoms with Gasteiger partial charge in [0.2, 0.25) is 0 Å². The van der Waals surface area contributed by atoms with Crippen LogP contribution < -0.4 is 0 Å². The van der Waals surface area contributed by atoms with E-state index in [9.17, 15) is 0 Å². The summed E-state index contributed by atoms with van der Waals surface area (Å²) >= 11 is 1.85. The maximum Gasteiger partial charge on any atom is 0.0374 e. The van der Waals surface area contributed by atoms with Crippen LogP contribution >= 0.6 is 11.3 Å². The SMILES string of the molecule is Cc1ccsc1-c1cccc2c1Cc1ccccc1-2. The van der Waals surface area contributed by atoms with Crippen molar-refractivity contribution in [2.45, 2.75) is 13.3 Å². The van der Waals surface area contributed by atoms with Crippen LogP contribution in [0, 0.1) is 6.92 Å². The van der Waals surface area contributed by atoms with Crippen LogP contribution in [-0.2, 0) is 6.42 Å². The van der Waals surface area contributed by atoms with E-state index in [4.69, 9.17) is 0 Å². The number of thiophene rings is 1. The number of benzene rings is 2. The quantitative estimate of drug-likeness (QED) is 0.437. The molecule has 0 aliphatic heterocycles. The molecule has 19 heavy (non-hydrogen) atoms. The lowest BCUT2D eigenvalue weighted by Crippen LogP contribution is -1.87. The van der Waals surface area contributed by atoms with Crippen molar-refractivity contribution in [3.63, 3.8) is 0 Å². The van der Waals surface area contributed by atoms with Gasteiger partial charge >= 0.3 is 0 Å². The molecule has 0 saturated carbocycles. The number of hydrogen-bond donors (Lipinski definition) is 0. The molecule has 1 heterocycles. The number of aryl methyl sites for hydroxylation is 1. The summed E-state index contributed by atoms with van der Waals surface area (Å²) in [6, 6.07) is 17.7. The molecule has 1 heteroatoms. The normalized spacial score (nSPS) is 12.3. The molecule has 0 fully saturated rings. The van der Waals surface area contributed by atoms with E-state index in [1.807, 2.05) is 11.3 Å². The van der Waals surface area contributed by atoms with Gasteiger partial charge in [0.1, 0.15) is 0 Å². The molecule has 0 bridgehead atoms. The Morgan fingerprint density at radius 1 is 0.842 bits per heavy atom. The van der Waals surface area contributed by atoms with E-state index >= 15 is 0 Å². The second kappa shape index (κ2) is 4.07. The minimum absolute atomic E-state index is 1.07. The van der Waals surface area contributed by atoms with E-state index in [1.54, 1.807) is 0 Å². The first kappa shape index (κ1) is 11.0. The van der Waals surface area contributed by atoms with Gasteiger partial charge in [-0.25, -0.2) is 0 Å². The Bertz CT molecular complexity index is 765. The van der Waals surface area contributed by atoms with Crippen molar-refractivity contribution in [1.29, 1.82) is 0 Å². The van der Waals surface area contributed by atoms with Crippen molar-refractivity contribution in [3.8, 4) is 21.6 Å². The summed E-state index contributed by atoms with van der Waals surface area (Å²) in [4.78, 5) is 1.42. The smallest absolute Gasteiger partial charge is 0.0374 e. The molecule has 0 unspecified atom stereocenters. The van der Waals surface area contributed by atoms with Crippen molar-refractivity contribution >= 4 is 11.3 Å². The van der Waals surface area contributed by atoms with E-state index in [2.05, 4.69) is 60.8 Å². The summed E-state index contributed by atoms with van der Waals surface area (Å²) in [5.41, 5.74) is 8.58. The molecule has 0 saturated heterocycles. The molecular formula is C18H14S. The van der Waals surface area contributed by atoms with Gasteiger partial charge in [0.15, 0.2) is 0 Å². The van der Waals surface area contributed by atoms with Crippen LogP contribution in [0.25, 0.3) is 21.6 Å². The molecule has 0 N–H and O–H groups in total. The van der Waals surface area contributed by atoms with Gasteiger partial charge in [-0.1, -0.05) is 42.5 Å². The van der Waals surface area contributed by atoms with Crippen molar-refractivity contribution in [3.05, 3.63) is 70.6 Å². The number of fused-ring (bicyclic) bond motifs is 3. The van der Waals surface area contributed by atoms with E-state index < -0.39 is 0 Å². The predicted octanol–water partition coefficient (Wildman–Crippen LogP) is 5.29. The molecule has 0 spiro atoms. The average Bonchev–Trinajstić information content (AvgIpc) is 3.02. The lowest BCUT2D eigenvalue weighted by Gasteiger charge is -2.08. The van der Waals surface area contributed by atoms with Crippen LogP contribution in [-0.4, -0.2) is 0 Å². The first-order valence-corrected chi connectivity index (χ1v) is 7.47. The fraction of sp³-hybridized carbons (Fsp3) is 0.111. The summed E-state index contributed by atoms with van der Waals surface area (Å²) in [5.74, 6) is 0. The molecular weight excluding hydrogens is 248 g/mol. The van der Waals surface area contributed by atoms with Crippen molar-refractivity contribution in [2.24, 2.45) is 0 Å². The number of rotatable bonds is 1. The van der Waals surface area contributed by atoms with Gasteiger partial charge in [0.05, 0.1) is 0 Å². The first-order chi connectivity index (χ1) is 9.34. The monoisotopic (exact) mass is 262 g/mol. The van der Waals surface area contributed by atoms with Gasteiger partial charge in [-0.15, -0.1) is 11.3 Å². The minimum Gasteiger partial charge on any atom is -0.144 e. The molecule has 0 radical (unpaired) electrons. The molecule has 2 aromatic carbocycles. The molecule has 3 aromatic rings. The average molecular weight is 262 g/mol. The molecule has 92 valence electrons. The van der Waals surface area contributed by atoms with Gasteiger partial charge < -0.3 is 0 Å². The zero-order chi connectivity index (χ0) is 12.8. The molecule has 0 atom stereocenters. The zero-order valence-electron chi connectivity index (χ0n) is 10.8. The van der Waals surface area contributed by atoms with Crippen molar-refractivity contribution < 1.29 is 0 Å². The topological polar surface area (TPSA) is 0 Å². The van der Waals surface area contributed by atoms with Crippen molar-refractivity contribution in [1.82, 2.24) is 0 Å². The third-order valence-electron chi connectivity index (χ3n) is 3.96. The minimum atomic E-state index is 1.07. The third-order valence-corrected chi connectivity index (χ3v) is 5.01. The maximum atomic E-state index is 2.27. The Morgan fingerprint density at radius 3 is 2.47 bits per heavy atom. The standard InChI is InChI=1S/C18H14S/c1-12-9-10-19-18(12)16-8-4-7-15-14-6-3-2-5-13(14)11-17(15)16/h2-10H,11H2,1H3. The Labute approximate surface area is 117 Å². The van der Waals surface area contributed by atoms with Crippen LogP contribution in [0.5, 0.6) is 0 Å². The third kappa shape index (κ3) is 1.58. The van der Waals surface area contributed by atoms with E-state index in [0.29, 0.717) is 0 Å². The lowest BCUT2D eigenvalue weighted by atomic mass is 9.99. The molecule has 1 aliphatic carbocycles. The summed E-state index contributed by atoms with van der Waals surface area (Å²) < 4.78 is 0. The molecule has 1 aliphatic rings. The Kier molecular flexibility index (Phi) is 2.36. The van der Waals surface area contributed by atoms with Gasteiger partial charge in [0, 0.05) is 4.88 Å². The lowest BCUT2D eigenvalue weighted by molar-refractivity contribution is 1.26. The van der Waals surface area contributed by atoms with Crippen LogP contribution in [0.2, 0.25) is 0 Å². The van der Waals surface area contributed by atoms with E-state index in [1.165, 1.54) is 38.3 Å². The van der Waals surface area contributed by atoms with Crippen LogP contribution in [0.4, 0.5) is 0 Å². The summed E-state index contributed by atoms with van der Waals surface area (Å²) in [5, 5.41) is 2.19. The second-order valence-corrected chi connectivity index (χ2v) is 6.01. The highest BCUT2D eigenvalue weighted by Crippen LogP contribution is 2.43. The highest BCUT2D eigenvalue weighted by atomic mass is 32.1. The van der Waals surface area contributed by atoms with Crippen LogP contribution in [0.15, 0.2) is 53.9 Å². The fourth-order valence-corrected chi connectivity index (χ4v) is 4.00. The van der Waals surface area contributed by atoms with E-state index in [-0.39, 0.29) is 0 Å². The Morgan fingerprint density at radius 2 is 1.63 bits per heavy atom. The Hall–Kier alpha value is -1.86. The molecule has 0 amide bonds. The summed E-state index contributed by atoms with van der Waals surface area (Å²) in [6.45, 7) is 2.20. The van der Waals surface area contributed by atoms with Crippen molar-refractivity contribution in [2.75, 3.05) is 0 Å². The molecule has 0 nitrogen and oxygen atoms in total. The largest absolute Gasteiger partial charge is 0.144 e. The van der Waals surface area contributed by atoms with Gasteiger partial charge in [0.25, 0.3) is 0 Å². The van der Waals surface area contributed by atoms with E-state index in [0.717, 1.165) is 6.42 Å². The zero-order valence-corrected chi connectivity index (χ0v) is 11.6. The van der Waals surface area contributed by atoms with Gasteiger partial charge in [-0.3, -0.25) is 0 Å². The second-order valence-electron chi connectivity index (χ2n) is 5.10. The highest BCUT2D eigenvalue weighted by Gasteiger charge is 2.21.